The van der Waals surface area contributed by atoms with Gasteiger partial charge in [-0.3, -0.25) is 14.5 Å². The lowest BCUT2D eigenvalue weighted by molar-refractivity contribution is -0.142. The molecule has 0 atom stereocenters. The topological polar surface area (TPSA) is 107 Å². The summed E-state index contributed by atoms with van der Waals surface area (Å²) in [6.07, 6.45) is 0. The maximum atomic E-state index is 10.7. The van der Waals surface area contributed by atoms with Crippen LogP contribution in [0.2, 0.25) is 0 Å². The van der Waals surface area contributed by atoms with Crippen molar-refractivity contribution in [1.29, 1.82) is 0 Å². The molecule has 0 amide bonds. The summed E-state index contributed by atoms with van der Waals surface area (Å²) >= 11 is 2.18. The van der Waals surface area contributed by atoms with Crippen LogP contribution >= 0.6 is 22.6 Å². The number of carboxylic acid groups (broad SMARTS) is 2. The standard InChI is InChI=1S/C12H12IN3O4/c13-7-1-2-8-9(3-7)15-10(14-8)4-16(5-11(17)18)6-12(19)20/h1-3H,4-6H2,(H,14,15)(H,17,18)(H,19,20). The lowest BCUT2D eigenvalue weighted by atomic mass is 10.3. The Kier molecular flexibility index (Phi) is 4.55. The second kappa shape index (κ2) is 6.18. The summed E-state index contributed by atoms with van der Waals surface area (Å²) < 4.78 is 1.05. The van der Waals surface area contributed by atoms with Crippen molar-refractivity contribution in [2.45, 2.75) is 6.54 Å². The quantitative estimate of drug-likeness (QED) is 0.640. The lowest BCUT2D eigenvalue weighted by Gasteiger charge is -2.15. The van der Waals surface area contributed by atoms with E-state index >= 15 is 0 Å². The Morgan fingerprint density at radius 3 is 2.50 bits per heavy atom. The van der Waals surface area contributed by atoms with Gasteiger partial charge in [0, 0.05) is 3.57 Å². The summed E-state index contributed by atoms with van der Waals surface area (Å²) in [7, 11) is 0. The largest absolute Gasteiger partial charge is 0.480 e. The first kappa shape index (κ1) is 14.7. The third-order valence-electron chi connectivity index (χ3n) is 2.58. The highest BCUT2D eigenvalue weighted by atomic mass is 127. The van der Waals surface area contributed by atoms with Crippen molar-refractivity contribution in [1.82, 2.24) is 14.9 Å². The zero-order valence-corrected chi connectivity index (χ0v) is 12.5. The van der Waals surface area contributed by atoms with Gasteiger partial charge >= 0.3 is 11.9 Å². The molecule has 3 N–H and O–H groups in total. The number of carbonyl (C=O) groups is 2. The van der Waals surface area contributed by atoms with E-state index in [0.717, 1.165) is 14.6 Å². The second-order valence-corrected chi connectivity index (χ2v) is 5.52. The van der Waals surface area contributed by atoms with Crippen molar-refractivity contribution in [3.63, 3.8) is 0 Å². The van der Waals surface area contributed by atoms with Crippen LogP contribution in [-0.2, 0) is 16.1 Å². The number of benzene rings is 1. The van der Waals surface area contributed by atoms with Gasteiger partial charge in [-0.05, 0) is 40.8 Å². The Hall–Kier alpha value is -1.68. The van der Waals surface area contributed by atoms with E-state index in [9.17, 15) is 9.59 Å². The fourth-order valence-electron chi connectivity index (χ4n) is 1.87. The number of aromatic amines is 1. The normalized spacial score (nSPS) is 11.1. The highest BCUT2D eigenvalue weighted by molar-refractivity contribution is 14.1. The third kappa shape index (κ3) is 3.90. The van der Waals surface area contributed by atoms with E-state index in [1.54, 1.807) is 0 Å². The molecule has 1 aromatic carbocycles. The van der Waals surface area contributed by atoms with E-state index in [4.69, 9.17) is 10.2 Å². The minimum Gasteiger partial charge on any atom is -0.480 e. The Bertz CT molecular complexity index is 639. The Morgan fingerprint density at radius 2 is 1.90 bits per heavy atom. The molecule has 0 radical (unpaired) electrons. The van der Waals surface area contributed by atoms with E-state index in [2.05, 4.69) is 32.6 Å². The smallest absolute Gasteiger partial charge is 0.317 e. The van der Waals surface area contributed by atoms with Crippen molar-refractivity contribution in [2.24, 2.45) is 0 Å². The van der Waals surface area contributed by atoms with E-state index < -0.39 is 11.9 Å². The molecule has 1 heterocycles. The SMILES string of the molecule is O=C(O)CN(CC(=O)O)Cc1nc2ccc(I)cc2[nH]1. The molecular formula is C12H12IN3O4. The predicted octanol–water partition coefficient (Wildman–Crippen LogP) is 1.14. The van der Waals surface area contributed by atoms with Crippen LogP contribution in [0, 0.1) is 3.57 Å². The molecule has 20 heavy (non-hydrogen) atoms. The van der Waals surface area contributed by atoms with E-state index in [1.807, 2.05) is 18.2 Å². The van der Waals surface area contributed by atoms with Crippen LogP contribution in [0.25, 0.3) is 11.0 Å². The molecule has 0 saturated heterocycles. The minimum absolute atomic E-state index is 0.143. The molecule has 1 aromatic heterocycles. The van der Waals surface area contributed by atoms with Crippen molar-refractivity contribution in [3.8, 4) is 0 Å². The molecule has 0 bridgehead atoms. The molecule has 2 aromatic rings. The molecule has 0 fully saturated rings. The van der Waals surface area contributed by atoms with Crippen molar-refractivity contribution < 1.29 is 19.8 Å². The van der Waals surface area contributed by atoms with Gasteiger partial charge in [-0.2, -0.15) is 0 Å². The van der Waals surface area contributed by atoms with Gasteiger partial charge in [-0.25, -0.2) is 4.98 Å². The summed E-state index contributed by atoms with van der Waals surface area (Å²) in [4.78, 5) is 30.2. The maximum absolute atomic E-state index is 10.7. The van der Waals surface area contributed by atoms with Crippen LogP contribution in [0.1, 0.15) is 5.82 Å². The van der Waals surface area contributed by atoms with Gasteiger partial charge in [-0.1, -0.05) is 0 Å². The molecular weight excluding hydrogens is 377 g/mol. The molecule has 7 nitrogen and oxygen atoms in total. The van der Waals surface area contributed by atoms with Crippen LogP contribution in [0.3, 0.4) is 0 Å². The van der Waals surface area contributed by atoms with Crippen molar-refractivity contribution >= 4 is 45.6 Å². The number of nitrogens with zero attached hydrogens (tertiary/aromatic N) is 2. The van der Waals surface area contributed by atoms with Gasteiger partial charge in [0.15, 0.2) is 0 Å². The van der Waals surface area contributed by atoms with Crippen LogP contribution in [0.15, 0.2) is 18.2 Å². The first-order valence-electron chi connectivity index (χ1n) is 5.74. The van der Waals surface area contributed by atoms with Gasteiger partial charge in [0.25, 0.3) is 0 Å². The highest BCUT2D eigenvalue weighted by Crippen LogP contribution is 2.15. The van der Waals surface area contributed by atoms with Gasteiger partial charge in [0.2, 0.25) is 0 Å². The number of hydrogen-bond donors (Lipinski definition) is 3. The highest BCUT2D eigenvalue weighted by Gasteiger charge is 2.15. The molecule has 8 heteroatoms. The molecule has 0 unspecified atom stereocenters. The number of aliphatic carboxylic acids is 2. The molecule has 2 rings (SSSR count). The van der Waals surface area contributed by atoms with Gasteiger partial charge < -0.3 is 15.2 Å². The molecule has 0 spiro atoms. The first-order valence-corrected chi connectivity index (χ1v) is 6.82. The second-order valence-electron chi connectivity index (χ2n) is 4.28. The average molecular weight is 389 g/mol. The number of H-pyrrole nitrogens is 1. The maximum Gasteiger partial charge on any atom is 0.317 e. The summed E-state index contributed by atoms with van der Waals surface area (Å²) in [6.45, 7) is -0.550. The fraction of sp³-hybridized carbons (Fsp3) is 0.250. The number of hydrogen-bond acceptors (Lipinski definition) is 4. The van der Waals surface area contributed by atoms with E-state index in [1.165, 1.54) is 4.90 Å². The van der Waals surface area contributed by atoms with Gasteiger partial charge in [-0.15, -0.1) is 0 Å². The third-order valence-corrected chi connectivity index (χ3v) is 3.26. The van der Waals surface area contributed by atoms with Gasteiger partial charge in [0.1, 0.15) is 5.82 Å². The van der Waals surface area contributed by atoms with Crippen molar-refractivity contribution in [2.75, 3.05) is 13.1 Å². The van der Waals surface area contributed by atoms with Crippen LogP contribution in [0.5, 0.6) is 0 Å². The number of fused-ring (bicyclic) bond motifs is 1. The zero-order chi connectivity index (χ0) is 14.7. The molecule has 106 valence electrons. The van der Waals surface area contributed by atoms with Crippen molar-refractivity contribution in [3.05, 3.63) is 27.6 Å². The number of imidazole rings is 1. The summed E-state index contributed by atoms with van der Waals surface area (Å²) in [5, 5.41) is 17.6. The van der Waals surface area contributed by atoms with Gasteiger partial charge in [0.05, 0.1) is 30.7 Å². The number of nitrogens with one attached hydrogen (secondary N) is 1. The number of halogens is 1. The number of aromatic nitrogens is 2. The average Bonchev–Trinajstić information content (AvgIpc) is 2.68. The Morgan fingerprint density at radius 1 is 1.25 bits per heavy atom. The number of carboxylic acids is 2. The lowest BCUT2D eigenvalue weighted by Crippen LogP contribution is -2.34. The van der Waals surface area contributed by atoms with Crippen LogP contribution in [-0.4, -0.2) is 50.1 Å². The Labute approximate surface area is 127 Å². The van der Waals surface area contributed by atoms with E-state index in [0.29, 0.717) is 5.82 Å². The van der Waals surface area contributed by atoms with Crippen LogP contribution < -0.4 is 0 Å². The zero-order valence-electron chi connectivity index (χ0n) is 10.3. The predicted molar refractivity (Wildman–Crippen MR) is 79.4 cm³/mol. The summed E-state index contributed by atoms with van der Waals surface area (Å²) in [5.41, 5.74) is 1.61. The summed E-state index contributed by atoms with van der Waals surface area (Å²) in [6, 6.07) is 5.70. The molecule has 0 aliphatic heterocycles. The number of rotatable bonds is 6. The molecule has 0 aliphatic rings. The monoisotopic (exact) mass is 389 g/mol. The molecule has 0 saturated carbocycles. The van der Waals surface area contributed by atoms with E-state index in [-0.39, 0.29) is 19.6 Å². The first-order chi connectivity index (χ1) is 9.44. The Balaban J connectivity index is 2.18. The summed E-state index contributed by atoms with van der Waals surface area (Å²) in [5.74, 6) is -1.60. The minimum atomic E-state index is -1.07. The molecule has 0 aliphatic carbocycles. The van der Waals surface area contributed by atoms with Crippen LogP contribution in [0.4, 0.5) is 0 Å². The fourth-order valence-corrected chi connectivity index (χ4v) is 2.36.